The van der Waals surface area contributed by atoms with Crippen LogP contribution >= 0.6 is 0 Å². The van der Waals surface area contributed by atoms with E-state index < -0.39 is 0 Å². The number of carbonyl (C=O) groups is 1. The third-order valence-electron chi connectivity index (χ3n) is 3.87. The lowest BCUT2D eigenvalue weighted by molar-refractivity contribution is 0.0947. The fourth-order valence-corrected chi connectivity index (χ4v) is 2.65. The SMILES string of the molecule is COc1ccccc1C(=O)NCc1ccnc(N2CCCC2)n1. The number of carbonyl (C=O) groups excluding carboxylic acids is 1. The van der Waals surface area contributed by atoms with Crippen LogP contribution in [0.2, 0.25) is 0 Å². The highest BCUT2D eigenvalue weighted by Crippen LogP contribution is 2.17. The van der Waals surface area contributed by atoms with Gasteiger partial charge in [0, 0.05) is 19.3 Å². The molecule has 1 fully saturated rings. The largest absolute Gasteiger partial charge is 0.496 e. The summed E-state index contributed by atoms with van der Waals surface area (Å²) in [5.74, 6) is 1.13. The van der Waals surface area contributed by atoms with Gasteiger partial charge in [0.25, 0.3) is 5.91 Å². The molecule has 1 aromatic carbocycles. The maximum absolute atomic E-state index is 12.3. The third kappa shape index (κ3) is 3.59. The Bertz CT molecular complexity index is 684. The van der Waals surface area contributed by atoms with Crippen LogP contribution in [0, 0.1) is 0 Å². The molecule has 2 heterocycles. The predicted octanol–water partition coefficient (Wildman–Crippen LogP) is 2.02. The lowest BCUT2D eigenvalue weighted by Crippen LogP contribution is -2.25. The standard InChI is InChI=1S/C17H20N4O2/c1-23-15-7-3-2-6-14(15)16(22)19-12-13-8-9-18-17(20-13)21-10-4-5-11-21/h2-3,6-9H,4-5,10-12H2,1H3,(H,19,22). The molecule has 2 aromatic rings. The highest BCUT2D eigenvalue weighted by Gasteiger charge is 2.15. The number of anilines is 1. The quantitative estimate of drug-likeness (QED) is 0.915. The van der Waals surface area contributed by atoms with Gasteiger partial charge in [-0.05, 0) is 31.0 Å². The molecule has 0 spiro atoms. The van der Waals surface area contributed by atoms with Gasteiger partial charge in [-0.2, -0.15) is 0 Å². The Kier molecular flexibility index (Phi) is 4.71. The van der Waals surface area contributed by atoms with Crippen molar-refractivity contribution >= 4 is 11.9 Å². The van der Waals surface area contributed by atoms with E-state index in [1.54, 1.807) is 25.4 Å². The van der Waals surface area contributed by atoms with Crippen molar-refractivity contribution in [3.8, 4) is 5.75 Å². The van der Waals surface area contributed by atoms with Gasteiger partial charge in [0.05, 0.1) is 24.9 Å². The van der Waals surface area contributed by atoms with E-state index in [-0.39, 0.29) is 5.91 Å². The zero-order chi connectivity index (χ0) is 16.1. The second kappa shape index (κ2) is 7.09. The van der Waals surface area contributed by atoms with Gasteiger partial charge in [0.2, 0.25) is 5.95 Å². The Morgan fingerprint density at radius 1 is 1.26 bits per heavy atom. The molecule has 0 radical (unpaired) electrons. The van der Waals surface area contributed by atoms with Gasteiger partial charge in [-0.15, -0.1) is 0 Å². The molecule has 23 heavy (non-hydrogen) atoms. The summed E-state index contributed by atoms with van der Waals surface area (Å²) in [5.41, 5.74) is 1.31. The molecule has 1 aromatic heterocycles. The molecular formula is C17H20N4O2. The Labute approximate surface area is 135 Å². The first-order valence-electron chi connectivity index (χ1n) is 7.76. The highest BCUT2D eigenvalue weighted by molar-refractivity contribution is 5.96. The second-order valence-corrected chi connectivity index (χ2v) is 5.43. The highest BCUT2D eigenvalue weighted by atomic mass is 16.5. The Morgan fingerprint density at radius 2 is 2.04 bits per heavy atom. The molecule has 1 N–H and O–H groups in total. The predicted molar refractivity (Wildman–Crippen MR) is 87.6 cm³/mol. The maximum Gasteiger partial charge on any atom is 0.255 e. The van der Waals surface area contributed by atoms with Crippen LogP contribution in [0.25, 0.3) is 0 Å². The van der Waals surface area contributed by atoms with Crippen molar-refractivity contribution in [2.24, 2.45) is 0 Å². The average Bonchev–Trinajstić information content (AvgIpc) is 3.14. The molecule has 1 aliphatic rings. The van der Waals surface area contributed by atoms with Crippen LogP contribution < -0.4 is 15.0 Å². The molecule has 0 unspecified atom stereocenters. The van der Waals surface area contributed by atoms with Crippen molar-refractivity contribution in [3.63, 3.8) is 0 Å². The lowest BCUT2D eigenvalue weighted by atomic mass is 10.2. The zero-order valence-corrected chi connectivity index (χ0v) is 13.2. The van der Waals surface area contributed by atoms with Crippen LogP contribution in [-0.2, 0) is 6.54 Å². The summed E-state index contributed by atoms with van der Waals surface area (Å²) in [6, 6.07) is 8.98. The molecule has 0 atom stereocenters. The number of nitrogens with one attached hydrogen (secondary N) is 1. The fourth-order valence-electron chi connectivity index (χ4n) is 2.65. The number of nitrogens with zero attached hydrogens (tertiary/aromatic N) is 3. The Morgan fingerprint density at radius 3 is 2.83 bits per heavy atom. The number of rotatable bonds is 5. The van der Waals surface area contributed by atoms with Gasteiger partial charge in [-0.3, -0.25) is 4.79 Å². The van der Waals surface area contributed by atoms with Crippen molar-refractivity contribution in [2.75, 3.05) is 25.1 Å². The van der Waals surface area contributed by atoms with Crippen LogP contribution in [0.3, 0.4) is 0 Å². The molecule has 0 aliphatic carbocycles. The fraction of sp³-hybridized carbons (Fsp3) is 0.353. The Balaban J connectivity index is 1.66. The van der Waals surface area contributed by atoms with Crippen molar-refractivity contribution in [3.05, 3.63) is 47.8 Å². The van der Waals surface area contributed by atoms with Gasteiger partial charge in [-0.25, -0.2) is 9.97 Å². The molecule has 1 amide bonds. The molecule has 1 saturated heterocycles. The molecule has 3 rings (SSSR count). The van der Waals surface area contributed by atoms with E-state index in [0.29, 0.717) is 17.9 Å². The van der Waals surface area contributed by atoms with Crippen molar-refractivity contribution < 1.29 is 9.53 Å². The monoisotopic (exact) mass is 312 g/mol. The zero-order valence-electron chi connectivity index (χ0n) is 13.2. The summed E-state index contributed by atoms with van der Waals surface area (Å²) >= 11 is 0. The van der Waals surface area contributed by atoms with E-state index in [4.69, 9.17) is 4.74 Å². The van der Waals surface area contributed by atoms with E-state index in [2.05, 4.69) is 20.2 Å². The van der Waals surface area contributed by atoms with Crippen molar-refractivity contribution in [2.45, 2.75) is 19.4 Å². The third-order valence-corrected chi connectivity index (χ3v) is 3.87. The summed E-state index contributed by atoms with van der Waals surface area (Å²) in [5, 5.41) is 2.88. The smallest absolute Gasteiger partial charge is 0.255 e. The van der Waals surface area contributed by atoms with Gasteiger partial charge >= 0.3 is 0 Å². The molecule has 6 nitrogen and oxygen atoms in total. The molecule has 0 bridgehead atoms. The van der Waals surface area contributed by atoms with Gasteiger partial charge in [0.15, 0.2) is 0 Å². The minimum absolute atomic E-state index is 0.177. The first-order chi connectivity index (χ1) is 11.3. The van der Waals surface area contributed by atoms with Crippen LogP contribution in [-0.4, -0.2) is 36.1 Å². The van der Waals surface area contributed by atoms with E-state index in [1.807, 2.05) is 18.2 Å². The molecular weight excluding hydrogens is 292 g/mol. The summed E-state index contributed by atoms with van der Waals surface area (Å²) in [6.07, 6.45) is 4.10. The summed E-state index contributed by atoms with van der Waals surface area (Å²) in [6.45, 7) is 2.36. The van der Waals surface area contributed by atoms with E-state index >= 15 is 0 Å². The van der Waals surface area contributed by atoms with Crippen molar-refractivity contribution in [1.82, 2.24) is 15.3 Å². The van der Waals surface area contributed by atoms with E-state index in [1.165, 1.54) is 12.8 Å². The lowest BCUT2D eigenvalue weighted by Gasteiger charge is -2.15. The first kappa shape index (κ1) is 15.3. The van der Waals surface area contributed by atoms with Crippen LogP contribution in [0.1, 0.15) is 28.9 Å². The van der Waals surface area contributed by atoms with E-state index in [9.17, 15) is 4.79 Å². The number of hydrogen-bond donors (Lipinski definition) is 1. The first-order valence-corrected chi connectivity index (χ1v) is 7.76. The van der Waals surface area contributed by atoms with Crippen LogP contribution in [0.5, 0.6) is 5.75 Å². The van der Waals surface area contributed by atoms with Gasteiger partial charge in [0.1, 0.15) is 5.75 Å². The molecule has 0 saturated carbocycles. The maximum atomic E-state index is 12.3. The Hall–Kier alpha value is -2.63. The number of benzene rings is 1. The number of aromatic nitrogens is 2. The number of hydrogen-bond acceptors (Lipinski definition) is 5. The summed E-state index contributed by atoms with van der Waals surface area (Å²) < 4.78 is 5.21. The normalized spacial score (nSPS) is 13.9. The van der Waals surface area contributed by atoms with Crippen LogP contribution in [0.15, 0.2) is 36.5 Å². The molecule has 6 heteroatoms. The number of ether oxygens (including phenoxy) is 1. The minimum atomic E-state index is -0.177. The summed E-state index contributed by atoms with van der Waals surface area (Å²) in [7, 11) is 1.55. The van der Waals surface area contributed by atoms with Gasteiger partial charge in [-0.1, -0.05) is 12.1 Å². The van der Waals surface area contributed by atoms with Crippen molar-refractivity contribution in [1.29, 1.82) is 0 Å². The molecule has 120 valence electrons. The van der Waals surface area contributed by atoms with Crippen LogP contribution in [0.4, 0.5) is 5.95 Å². The minimum Gasteiger partial charge on any atom is -0.496 e. The number of para-hydroxylation sites is 1. The topological polar surface area (TPSA) is 67.3 Å². The average molecular weight is 312 g/mol. The van der Waals surface area contributed by atoms with Gasteiger partial charge < -0.3 is 15.0 Å². The van der Waals surface area contributed by atoms with E-state index in [0.717, 1.165) is 24.7 Å². The summed E-state index contributed by atoms with van der Waals surface area (Å²) in [4.78, 5) is 23.3. The second-order valence-electron chi connectivity index (χ2n) is 5.43. The number of methoxy groups -OCH3 is 1. The number of amides is 1. The molecule has 1 aliphatic heterocycles.